The van der Waals surface area contributed by atoms with E-state index in [1.54, 1.807) is 0 Å². The number of carbonyl (C=O) groups is 1. The van der Waals surface area contributed by atoms with Crippen molar-refractivity contribution in [1.29, 1.82) is 0 Å². The molecule has 0 spiro atoms. The van der Waals surface area contributed by atoms with Crippen LogP contribution in [0.3, 0.4) is 0 Å². The van der Waals surface area contributed by atoms with E-state index in [-0.39, 0.29) is 5.91 Å². The van der Waals surface area contributed by atoms with Gasteiger partial charge in [0, 0.05) is 59.1 Å². The number of likely N-dealkylation sites (tertiary alicyclic amines) is 1. The molecule has 150 valence electrons. The number of nitrogens with one attached hydrogen (secondary N) is 1. The van der Waals surface area contributed by atoms with Crippen LogP contribution < -0.4 is 15.1 Å². The molecule has 2 heterocycles. The lowest BCUT2D eigenvalue weighted by molar-refractivity contribution is -0.114. The summed E-state index contributed by atoms with van der Waals surface area (Å²) in [6.07, 6.45) is 4.16. The van der Waals surface area contributed by atoms with Gasteiger partial charge in [0.2, 0.25) is 11.9 Å². The van der Waals surface area contributed by atoms with Crippen molar-refractivity contribution in [3.05, 3.63) is 42.1 Å². The smallest absolute Gasteiger partial charge is 0.226 e. The van der Waals surface area contributed by atoms with Crippen LogP contribution in [0.2, 0.25) is 0 Å². The Morgan fingerprint density at radius 1 is 1.21 bits per heavy atom. The third-order valence-corrected chi connectivity index (χ3v) is 5.10. The van der Waals surface area contributed by atoms with Crippen molar-refractivity contribution in [3.8, 4) is 0 Å². The normalized spacial score (nSPS) is 17.2. The van der Waals surface area contributed by atoms with Gasteiger partial charge >= 0.3 is 0 Å². The summed E-state index contributed by atoms with van der Waals surface area (Å²) in [6, 6.07) is 10.5. The van der Waals surface area contributed by atoms with Gasteiger partial charge in [-0.2, -0.15) is 4.98 Å². The number of hydrogen-bond acceptors (Lipinski definition) is 6. The van der Waals surface area contributed by atoms with Crippen LogP contribution in [0.15, 0.2) is 36.5 Å². The molecule has 7 nitrogen and oxygen atoms in total. The minimum atomic E-state index is -0.0446. The van der Waals surface area contributed by atoms with Crippen LogP contribution in [0.4, 0.5) is 17.5 Å². The van der Waals surface area contributed by atoms with Crippen molar-refractivity contribution < 1.29 is 4.79 Å². The second kappa shape index (κ2) is 9.01. The molecule has 0 bridgehead atoms. The van der Waals surface area contributed by atoms with Gasteiger partial charge in [0.1, 0.15) is 5.82 Å². The minimum Gasteiger partial charge on any atom is -0.355 e. The van der Waals surface area contributed by atoms with E-state index in [1.165, 1.54) is 18.9 Å². The maximum absolute atomic E-state index is 11.2. The maximum Gasteiger partial charge on any atom is 0.226 e. The molecule has 1 aliphatic heterocycles. The Labute approximate surface area is 167 Å². The first kappa shape index (κ1) is 20.1. The van der Waals surface area contributed by atoms with Crippen LogP contribution in [0.1, 0.15) is 25.3 Å². The molecular formula is C21H30N6O. The molecule has 0 saturated carbocycles. The van der Waals surface area contributed by atoms with Gasteiger partial charge in [-0.05, 0) is 43.1 Å². The largest absolute Gasteiger partial charge is 0.355 e. The summed E-state index contributed by atoms with van der Waals surface area (Å²) in [6.45, 7) is 4.55. The highest BCUT2D eigenvalue weighted by Gasteiger charge is 2.24. The highest BCUT2D eigenvalue weighted by molar-refractivity contribution is 5.88. The zero-order valence-corrected chi connectivity index (χ0v) is 17.2. The summed E-state index contributed by atoms with van der Waals surface area (Å²) >= 11 is 0. The van der Waals surface area contributed by atoms with E-state index in [9.17, 15) is 4.79 Å². The predicted molar refractivity (Wildman–Crippen MR) is 114 cm³/mol. The van der Waals surface area contributed by atoms with Crippen LogP contribution in [0.5, 0.6) is 0 Å². The van der Waals surface area contributed by atoms with Gasteiger partial charge < -0.3 is 15.1 Å². The fourth-order valence-corrected chi connectivity index (χ4v) is 3.58. The summed E-state index contributed by atoms with van der Waals surface area (Å²) in [5.41, 5.74) is 2.10. The number of amides is 1. The average molecular weight is 383 g/mol. The maximum atomic E-state index is 11.2. The quantitative estimate of drug-likeness (QED) is 0.829. The lowest BCUT2D eigenvalue weighted by Gasteiger charge is -2.38. The van der Waals surface area contributed by atoms with Gasteiger partial charge in [0.05, 0.1) is 0 Å². The van der Waals surface area contributed by atoms with Crippen LogP contribution in [-0.4, -0.2) is 61.0 Å². The molecule has 1 N–H and O–H groups in total. The summed E-state index contributed by atoms with van der Waals surface area (Å²) in [5.74, 6) is 1.65. The second-order valence-corrected chi connectivity index (χ2v) is 7.63. The molecular weight excluding hydrogens is 352 g/mol. The number of carbonyl (C=O) groups excluding carboxylic acids is 1. The Bertz CT molecular complexity index is 792. The topological polar surface area (TPSA) is 64.6 Å². The molecule has 1 amide bonds. The first-order valence-electron chi connectivity index (χ1n) is 9.74. The molecule has 1 aromatic carbocycles. The van der Waals surface area contributed by atoms with Gasteiger partial charge in [0.25, 0.3) is 0 Å². The van der Waals surface area contributed by atoms with Crippen LogP contribution in [-0.2, 0) is 11.3 Å². The van der Waals surface area contributed by atoms with E-state index < -0.39 is 0 Å². The standard InChI is InChI=1S/C21H30N6O/c1-16(28)23-18-9-7-17(8-10-18)14-27-13-5-6-19(15-27)26(4)20-11-12-22-21(24-20)25(2)3/h7-12,19H,5-6,13-15H2,1-4H3,(H,23,28). The molecule has 1 fully saturated rings. The number of aromatic nitrogens is 2. The Kier molecular flexibility index (Phi) is 6.46. The lowest BCUT2D eigenvalue weighted by atomic mass is 10.0. The molecule has 1 atom stereocenters. The summed E-state index contributed by atoms with van der Waals surface area (Å²) in [7, 11) is 6.04. The van der Waals surface area contributed by atoms with Gasteiger partial charge in [0.15, 0.2) is 0 Å². The molecule has 28 heavy (non-hydrogen) atoms. The highest BCUT2D eigenvalue weighted by Crippen LogP contribution is 2.22. The SMILES string of the molecule is CC(=O)Nc1ccc(CN2CCCC(N(C)c3ccnc(N(C)C)n3)C2)cc1. The fourth-order valence-electron chi connectivity index (χ4n) is 3.58. The van der Waals surface area contributed by atoms with E-state index >= 15 is 0 Å². The number of rotatable bonds is 6. The van der Waals surface area contributed by atoms with Crippen molar-refractivity contribution in [3.63, 3.8) is 0 Å². The molecule has 1 unspecified atom stereocenters. The minimum absolute atomic E-state index is 0.0446. The Balaban J connectivity index is 1.62. The van der Waals surface area contributed by atoms with Gasteiger partial charge in [-0.1, -0.05) is 12.1 Å². The number of likely N-dealkylation sites (N-methyl/N-ethyl adjacent to an activating group) is 1. The van der Waals surface area contributed by atoms with Gasteiger partial charge in [-0.25, -0.2) is 4.98 Å². The first-order chi connectivity index (χ1) is 13.4. The summed E-state index contributed by atoms with van der Waals surface area (Å²) in [5, 5.41) is 2.81. The molecule has 2 aromatic rings. The number of hydrogen-bond donors (Lipinski definition) is 1. The highest BCUT2D eigenvalue weighted by atomic mass is 16.1. The molecule has 3 rings (SSSR count). The van der Waals surface area contributed by atoms with E-state index in [0.29, 0.717) is 6.04 Å². The van der Waals surface area contributed by atoms with Crippen LogP contribution >= 0.6 is 0 Å². The third kappa shape index (κ3) is 5.19. The van der Waals surface area contributed by atoms with Gasteiger partial charge in [-0.3, -0.25) is 9.69 Å². The predicted octanol–water partition coefficient (Wildman–Crippen LogP) is 2.60. The van der Waals surface area contributed by atoms with Crippen molar-refractivity contribution in [2.75, 3.05) is 49.3 Å². The Morgan fingerprint density at radius 2 is 1.96 bits per heavy atom. The van der Waals surface area contributed by atoms with Crippen molar-refractivity contribution in [1.82, 2.24) is 14.9 Å². The lowest BCUT2D eigenvalue weighted by Crippen LogP contribution is -2.46. The fraction of sp³-hybridized carbons (Fsp3) is 0.476. The number of nitrogens with zero attached hydrogens (tertiary/aromatic N) is 5. The second-order valence-electron chi connectivity index (χ2n) is 7.63. The third-order valence-electron chi connectivity index (χ3n) is 5.10. The Hall–Kier alpha value is -2.67. The van der Waals surface area contributed by atoms with Crippen LogP contribution in [0.25, 0.3) is 0 Å². The Morgan fingerprint density at radius 3 is 2.64 bits per heavy atom. The summed E-state index contributed by atoms with van der Waals surface area (Å²) in [4.78, 5) is 26.8. The van der Waals surface area contributed by atoms with E-state index in [2.05, 4.69) is 44.3 Å². The molecule has 1 saturated heterocycles. The first-order valence-corrected chi connectivity index (χ1v) is 9.74. The molecule has 1 aliphatic rings. The number of piperidine rings is 1. The summed E-state index contributed by atoms with van der Waals surface area (Å²) < 4.78 is 0. The zero-order valence-electron chi connectivity index (χ0n) is 17.2. The van der Waals surface area contributed by atoms with Crippen molar-refractivity contribution in [2.45, 2.75) is 32.4 Å². The van der Waals surface area contributed by atoms with Crippen molar-refractivity contribution in [2.24, 2.45) is 0 Å². The van der Waals surface area contributed by atoms with E-state index in [1.807, 2.05) is 43.4 Å². The molecule has 1 aromatic heterocycles. The van der Waals surface area contributed by atoms with Crippen molar-refractivity contribution >= 4 is 23.4 Å². The number of benzene rings is 1. The monoisotopic (exact) mass is 382 g/mol. The van der Waals surface area contributed by atoms with Crippen LogP contribution in [0, 0.1) is 0 Å². The average Bonchev–Trinajstić information content (AvgIpc) is 2.69. The zero-order chi connectivity index (χ0) is 20.1. The van der Waals surface area contributed by atoms with E-state index in [4.69, 9.17) is 0 Å². The van der Waals surface area contributed by atoms with E-state index in [0.717, 1.165) is 43.5 Å². The molecule has 0 radical (unpaired) electrons. The molecule has 0 aliphatic carbocycles. The molecule has 7 heteroatoms. The number of anilines is 3. The van der Waals surface area contributed by atoms with Gasteiger partial charge in [-0.15, -0.1) is 0 Å².